The number of carbonyl (C=O) groups excluding carboxylic acids is 4. The predicted molar refractivity (Wildman–Crippen MR) is 251 cm³/mol. The van der Waals surface area contributed by atoms with E-state index >= 15 is 0 Å². The van der Waals surface area contributed by atoms with Crippen LogP contribution in [0.25, 0.3) is 10.9 Å². The number of nitrogens with zero attached hydrogens (tertiary/aromatic N) is 4. The zero-order valence-electron chi connectivity index (χ0n) is 38.1. The molecule has 2 atom stereocenters. The summed E-state index contributed by atoms with van der Waals surface area (Å²) in [6.45, 7) is 17.2. The van der Waals surface area contributed by atoms with Gasteiger partial charge in [0.05, 0.1) is 11.1 Å². The zero-order chi connectivity index (χ0) is 46.2. The highest BCUT2D eigenvalue weighted by molar-refractivity contribution is 5.93. The first-order valence-corrected chi connectivity index (χ1v) is 22.3. The smallest absolute Gasteiger partial charge is 0.248 e. The molecule has 1 aromatic heterocycles. The number of nitriles is 1. The highest BCUT2D eigenvalue weighted by atomic mass is 16.5. The van der Waals surface area contributed by atoms with Crippen LogP contribution in [0.3, 0.4) is 0 Å². The van der Waals surface area contributed by atoms with Gasteiger partial charge < -0.3 is 40.7 Å². The Morgan fingerprint density at radius 2 is 1.58 bits per heavy atom. The molecule has 8 rings (SSSR count). The summed E-state index contributed by atoms with van der Waals surface area (Å²) in [6, 6.07) is 22.7. The van der Waals surface area contributed by atoms with Gasteiger partial charge >= 0.3 is 0 Å². The zero-order valence-corrected chi connectivity index (χ0v) is 38.1. The predicted octanol–water partition coefficient (Wildman–Crippen LogP) is 5.53. The number of anilines is 2. The first-order chi connectivity index (χ1) is 30.6. The number of fused-ring (bicyclic) bond motifs is 2. The van der Waals surface area contributed by atoms with Crippen molar-refractivity contribution in [3.05, 3.63) is 99.3 Å². The van der Waals surface area contributed by atoms with E-state index in [9.17, 15) is 29.2 Å². The Morgan fingerprint density at radius 1 is 0.906 bits per heavy atom. The van der Waals surface area contributed by atoms with E-state index in [4.69, 9.17) is 10.5 Å². The fraction of sp³-hybridized carbons (Fsp3) is 0.480. The van der Waals surface area contributed by atoms with Crippen LogP contribution in [0.15, 0.2) is 71.5 Å². The van der Waals surface area contributed by atoms with Gasteiger partial charge in [-0.05, 0) is 104 Å². The van der Waals surface area contributed by atoms with Crippen LogP contribution in [0.5, 0.6) is 5.75 Å². The summed E-state index contributed by atoms with van der Waals surface area (Å²) >= 11 is 0. The number of nitrogens with two attached hydrogens (primary N) is 1. The lowest BCUT2D eigenvalue weighted by Gasteiger charge is -2.56. The average Bonchev–Trinajstić information content (AvgIpc) is 3.69. The van der Waals surface area contributed by atoms with Crippen LogP contribution in [0.4, 0.5) is 11.4 Å². The van der Waals surface area contributed by atoms with Gasteiger partial charge in [0, 0.05) is 117 Å². The van der Waals surface area contributed by atoms with Crippen molar-refractivity contribution in [1.29, 1.82) is 5.26 Å². The number of aromatic amines is 1. The number of H-pyrrole nitrogens is 1. The van der Waals surface area contributed by atoms with Crippen LogP contribution in [0, 0.1) is 39.9 Å². The van der Waals surface area contributed by atoms with Crippen molar-refractivity contribution in [3.8, 4) is 11.8 Å². The van der Waals surface area contributed by atoms with Crippen molar-refractivity contribution in [2.45, 2.75) is 66.0 Å². The Morgan fingerprint density at radius 3 is 2.16 bits per heavy atom. The summed E-state index contributed by atoms with van der Waals surface area (Å²) in [7, 11) is 3.50. The lowest BCUT2D eigenvalue weighted by molar-refractivity contribution is -0.133. The summed E-state index contributed by atoms with van der Waals surface area (Å²) in [6.07, 6.45) is 4.56. The van der Waals surface area contributed by atoms with E-state index < -0.39 is 0 Å². The molecule has 4 fully saturated rings. The third-order valence-corrected chi connectivity index (χ3v) is 13.3. The standard InChI is InChI=1S/C26H33N5O2.C18H20N2O2.C6H11NO2/c1-28-13-20-12-22(7-4-19(20)17-32)30-10-8-29(9-11-30)14-23-24-15-31(16-25(23)24)21-5-2-18(3-6-21)26(27)33;1-17(2)10-18(3,4)16(17)22-13-7-5-11(9-19)15-12(13)6-8-14(21)20-15;1-7-6(9)4-2-3-5-8/h2-7,12,17,23-25,28H,8-11,13-16H2,1H3,(H2,27,33);5-8,16H,10H2,1-4H3,(H,20,21);5H,2-4H2,1H3,(H,7,9). The molecule has 2 saturated carbocycles. The van der Waals surface area contributed by atoms with Crippen molar-refractivity contribution in [2.24, 2.45) is 34.3 Å². The molecule has 14 nitrogen and oxygen atoms in total. The van der Waals surface area contributed by atoms with Gasteiger partial charge in [-0.15, -0.1) is 0 Å². The van der Waals surface area contributed by atoms with E-state index in [-0.39, 0.29) is 34.3 Å². The Balaban J connectivity index is 0.000000188. The van der Waals surface area contributed by atoms with Gasteiger partial charge in [0.25, 0.3) is 0 Å². The average molecular weight is 873 g/mol. The third kappa shape index (κ3) is 11.2. The minimum atomic E-state index is -0.373. The Labute approximate surface area is 376 Å². The van der Waals surface area contributed by atoms with E-state index in [0.717, 1.165) is 98.3 Å². The number of hydrogen-bond donors (Lipinski definition) is 4. The van der Waals surface area contributed by atoms with Gasteiger partial charge in [0.2, 0.25) is 17.4 Å². The number of unbranched alkanes of at least 4 members (excludes halogenated alkanes) is 1. The second kappa shape index (κ2) is 20.6. The molecule has 64 heavy (non-hydrogen) atoms. The van der Waals surface area contributed by atoms with E-state index in [1.54, 1.807) is 19.2 Å². The van der Waals surface area contributed by atoms with Crippen LogP contribution in [-0.2, 0) is 16.1 Å². The molecule has 2 amide bonds. The van der Waals surface area contributed by atoms with Crippen molar-refractivity contribution in [1.82, 2.24) is 20.5 Å². The lowest BCUT2D eigenvalue weighted by atomic mass is 9.53. The van der Waals surface area contributed by atoms with Gasteiger partial charge in [-0.1, -0.05) is 27.7 Å². The topological polar surface area (TPSA) is 194 Å². The highest BCUT2D eigenvalue weighted by Gasteiger charge is 2.56. The summed E-state index contributed by atoms with van der Waals surface area (Å²) in [4.78, 5) is 64.6. The molecule has 14 heteroatoms. The third-order valence-electron chi connectivity index (χ3n) is 13.3. The Kier molecular flexibility index (Phi) is 15.3. The number of nitrogens with one attached hydrogen (secondary N) is 3. The first-order valence-electron chi connectivity index (χ1n) is 22.3. The molecule has 3 heterocycles. The number of pyridine rings is 1. The van der Waals surface area contributed by atoms with Crippen molar-refractivity contribution >= 4 is 46.7 Å². The molecule has 4 aromatic rings. The highest BCUT2D eigenvalue weighted by Crippen LogP contribution is 2.56. The molecule has 2 unspecified atom stereocenters. The number of aldehydes is 2. The maximum atomic E-state index is 11.6. The van der Waals surface area contributed by atoms with Gasteiger partial charge in [-0.25, -0.2) is 0 Å². The molecule has 2 aliphatic heterocycles. The fourth-order valence-electron chi connectivity index (χ4n) is 10.3. The number of carbonyl (C=O) groups is 4. The number of aromatic nitrogens is 1. The van der Waals surface area contributed by atoms with Gasteiger partial charge in [-0.3, -0.25) is 24.1 Å². The van der Waals surface area contributed by atoms with Crippen molar-refractivity contribution < 1.29 is 23.9 Å². The molecule has 5 N–H and O–H groups in total. The maximum Gasteiger partial charge on any atom is 0.248 e. The maximum absolute atomic E-state index is 11.6. The minimum Gasteiger partial charge on any atom is -0.489 e. The summed E-state index contributed by atoms with van der Waals surface area (Å²) < 4.78 is 6.30. The quantitative estimate of drug-likeness (QED) is 0.0920. The first kappa shape index (κ1) is 47.4. The molecular weight excluding hydrogens is 809 g/mol. The largest absolute Gasteiger partial charge is 0.489 e. The van der Waals surface area contributed by atoms with E-state index in [0.29, 0.717) is 42.5 Å². The summed E-state index contributed by atoms with van der Waals surface area (Å²) in [5.74, 6) is 2.74. The molecule has 0 spiro atoms. The van der Waals surface area contributed by atoms with Crippen LogP contribution >= 0.6 is 0 Å². The van der Waals surface area contributed by atoms with Crippen LogP contribution in [-0.4, -0.2) is 100 Å². The minimum absolute atomic E-state index is 0.00292. The number of hydrogen-bond acceptors (Lipinski definition) is 11. The van der Waals surface area contributed by atoms with Crippen LogP contribution in [0.1, 0.15) is 85.2 Å². The van der Waals surface area contributed by atoms with Gasteiger partial charge in [0.1, 0.15) is 30.5 Å². The van der Waals surface area contributed by atoms with Gasteiger partial charge in [-0.2, -0.15) is 5.26 Å². The van der Waals surface area contributed by atoms with Crippen molar-refractivity contribution in [2.75, 3.05) is 69.7 Å². The number of piperidine rings is 1. The van der Waals surface area contributed by atoms with Crippen LogP contribution < -0.4 is 36.5 Å². The number of benzene rings is 3. The molecular formula is C50H64N8O6. The summed E-state index contributed by atoms with van der Waals surface area (Å²) in [5, 5.41) is 15.6. The Hall–Kier alpha value is -6.04. The normalized spacial score (nSPS) is 20.5. The van der Waals surface area contributed by atoms with Crippen LogP contribution in [0.2, 0.25) is 0 Å². The number of rotatable bonds is 14. The molecule has 3 aromatic carbocycles. The second-order valence-electron chi connectivity index (χ2n) is 18.8. The van der Waals surface area contributed by atoms with E-state index in [1.165, 1.54) is 24.0 Å². The van der Waals surface area contributed by atoms with E-state index in [1.807, 2.05) is 43.4 Å². The SMILES string of the molecule is CC1(C)CC(C)(C)C1Oc1ccc(C#N)c2[nH]c(=O)ccc12.CNC(=O)CCCC=O.CNCc1cc(N2CCN(CC3C4CN(c5ccc(C(N)=O)cc5)CC34)CC2)ccc1C=O. The molecule has 0 radical (unpaired) electrons. The second-order valence-corrected chi connectivity index (χ2v) is 18.8. The number of ether oxygens (including phenoxy) is 1. The molecule has 4 aliphatic rings. The Bertz CT molecular complexity index is 2370. The molecule has 2 saturated heterocycles. The lowest BCUT2D eigenvalue weighted by Crippen LogP contribution is -2.58. The fourth-order valence-corrected chi connectivity index (χ4v) is 10.3. The summed E-state index contributed by atoms with van der Waals surface area (Å²) in [5.41, 5.74) is 11.2. The number of primary amides is 1. The molecule has 340 valence electrons. The molecule has 2 aliphatic carbocycles. The van der Waals surface area contributed by atoms with Gasteiger partial charge in [0.15, 0.2) is 0 Å². The number of piperazine rings is 1. The molecule has 0 bridgehead atoms. The number of amides is 2. The monoisotopic (exact) mass is 872 g/mol. The van der Waals surface area contributed by atoms with Crippen molar-refractivity contribution in [3.63, 3.8) is 0 Å². The van der Waals surface area contributed by atoms with E-state index in [2.05, 4.69) is 76.2 Å².